The fraction of sp³-hybridized carbons (Fsp3) is 0.714. The van der Waals surface area contributed by atoms with E-state index in [4.69, 9.17) is 5.73 Å². The van der Waals surface area contributed by atoms with Gasteiger partial charge in [0, 0.05) is 49.4 Å². The van der Waals surface area contributed by atoms with Crippen LogP contribution in [0.2, 0.25) is 0 Å². The maximum absolute atomic E-state index is 13.7. The third kappa shape index (κ3) is 6.36. The van der Waals surface area contributed by atoms with E-state index in [1.165, 1.54) is 4.90 Å². The zero-order valence-electron chi connectivity index (χ0n) is 19.5. The van der Waals surface area contributed by atoms with Crippen LogP contribution in [0.4, 0.5) is 22.0 Å². The number of amides is 2. The van der Waals surface area contributed by atoms with Gasteiger partial charge in [-0.2, -0.15) is 13.2 Å². The summed E-state index contributed by atoms with van der Waals surface area (Å²) in [5.41, 5.74) is 4.19. The van der Waals surface area contributed by atoms with Crippen LogP contribution in [0.25, 0.3) is 0 Å². The van der Waals surface area contributed by atoms with Gasteiger partial charge in [-0.05, 0) is 6.42 Å². The SMILES string of the molecule is CC(C)(C)c1nc2c(c(C(F)(F)F)n1)CCN(C(=O)C[C@@H](N)CN1C(=O)CCC(F)(F)C1O)C2.Cl. The maximum atomic E-state index is 13.7. The molecule has 3 N–H and O–H groups in total. The van der Waals surface area contributed by atoms with Crippen molar-refractivity contribution in [3.63, 3.8) is 0 Å². The summed E-state index contributed by atoms with van der Waals surface area (Å²) in [5, 5.41) is 9.79. The molecule has 3 rings (SSSR count). The van der Waals surface area contributed by atoms with Crippen LogP contribution in [0.3, 0.4) is 0 Å². The quantitative estimate of drug-likeness (QED) is 0.579. The largest absolute Gasteiger partial charge is 0.433 e. The summed E-state index contributed by atoms with van der Waals surface area (Å²) in [7, 11) is 0. The smallest absolute Gasteiger partial charge is 0.368 e. The molecule has 3 heterocycles. The van der Waals surface area contributed by atoms with Crippen molar-refractivity contribution in [1.29, 1.82) is 0 Å². The van der Waals surface area contributed by atoms with E-state index in [1.807, 2.05) is 0 Å². The summed E-state index contributed by atoms with van der Waals surface area (Å²) in [5.74, 6) is -4.69. The fourth-order valence-corrected chi connectivity index (χ4v) is 4.00. The average Bonchev–Trinajstić information content (AvgIpc) is 2.71. The van der Waals surface area contributed by atoms with Crippen molar-refractivity contribution in [2.45, 2.75) is 82.8 Å². The Hall–Kier alpha value is -2.12. The van der Waals surface area contributed by atoms with Gasteiger partial charge in [0.15, 0.2) is 11.9 Å². The van der Waals surface area contributed by atoms with E-state index in [2.05, 4.69) is 9.97 Å². The Morgan fingerprint density at radius 1 is 1.23 bits per heavy atom. The molecule has 2 amide bonds. The van der Waals surface area contributed by atoms with Crippen LogP contribution in [0.1, 0.15) is 62.8 Å². The number of alkyl halides is 5. The number of hydrogen-bond acceptors (Lipinski definition) is 6. The molecule has 0 aromatic carbocycles. The number of aromatic nitrogens is 2. The lowest BCUT2D eigenvalue weighted by molar-refractivity contribution is -0.205. The zero-order chi connectivity index (χ0) is 25.6. The van der Waals surface area contributed by atoms with Crippen LogP contribution < -0.4 is 5.73 Å². The number of nitrogens with two attached hydrogens (primary N) is 1. The van der Waals surface area contributed by atoms with Crippen molar-refractivity contribution in [2.75, 3.05) is 13.1 Å². The van der Waals surface area contributed by atoms with Gasteiger partial charge < -0.3 is 20.6 Å². The molecular formula is C21H29ClF5N5O3. The topological polar surface area (TPSA) is 113 Å². The second-order valence-corrected chi connectivity index (χ2v) is 9.78. The van der Waals surface area contributed by atoms with Gasteiger partial charge in [0.05, 0.1) is 12.2 Å². The summed E-state index contributed by atoms with van der Waals surface area (Å²) in [6, 6.07) is -1.05. The number of nitrogens with zero attached hydrogens (tertiary/aromatic N) is 4. The number of aliphatic hydroxyl groups excluding tert-OH is 1. The predicted molar refractivity (Wildman–Crippen MR) is 117 cm³/mol. The van der Waals surface area contributed by atoms with Crippen LogP contribution in [0, 0.1) is 0 Å². The van der Waals surface area contributed by atoms with Crippen molar-refractivity contribution < 1.29 is 36.6 Å². The van der Waals surface area contributed by atoms with E-state index in [1.54, 1.807) is 20.8 Å². The van der Waals surface area contributed by atoms with Crippen LogP contribution in [0.5, 0.6) is 0 Å². The van der Waals surface area contributed by atoms with E-state index in [0.29, 0.717) is 4.90 Å². The van der Waals surface area contributed by atoms with Crippen molar-refractivity contribution in [3.05, 3.63) is 22.8 Å². The molecule has 1 fully saturated rings. The molecule has 1 aromatic heterocycles. The van der Waals surface area contributed by atoms with Gasteiger partial charge in [-0.3, -0.25) is 9.59 Å². The number of likely N-dealkylation sites (tertiary alicyclic amines) is 1. The standard InChI is InChI=1S/C21H28F5N5O3.ClH/c1-19(2,3)17-28-13-10-30(7-5-12(13)16(29-17)21(24,25)26)15(33)8-11(27)9-31-14(32)4-6-20(22,23)18(31)34;/h11,18,34H,4-10,27H2,1-3H3;1H/t11-,18?;/m1./s1. The Bertz CT molecular complexity index is 970. The van der Waals surface area contributed by atoms with E-state index in [9.17, 15) is 36.6 Å². The van der Waals surface area contributed by atoms with Gasteiger partial charge in [-0.15, -0.1) is 12.4 Å². The highest BCUT2D eigenvalue weighted by atomic mass is 35.5. The van der Waals surface area contributed by atoms with Gasteiger partial charge in [0.25, 0.3) is 5.92 Å². The van der Waals surface area contributed by atoms with Gasteiger partial charge in [-0.25, -0.2) is 18.7 Å². The molecule has 14 heteroatoms. The average molecular weight is 530 g/mol. The van der Waals surface area contributed by atoms with Crippen LogP contribution in [0.15, 0.2) is 0 Å². The van der Waals surface area contributed by atoms with Crippen LogP contribution in [-0.4, -0.2) is 68.0 Å². The van der Waals surface area contributed by atoms with E-state index < -0.39 is 66.7 Å². The molecule has 2 atom stereocenters. The number of carbonyl (C=O) groups is 2. The van der Waals surface area contributed by atoms with Crippen molar-refractivity contribution >= 4 is 24.2 Å². The lowest BCUT2D eigenvalue weighted by Gasteiger charge is -2.38. The van der Waals surface area contributed by atoms with Crippen LogP contribution in [-0.2, 0) is 34.1 Å². The molecule has 0 spiro atoms. The Morgan fingerprint density at radius 3 is 2.43 bits per heavy atom. The molecule has 8 nitrogen and oxygen atoms in total. The number of carbonyl (C=O) groups excluding carboxylic acids is 2. The number of fused-ring (bicyclic) bond motifs is 1. The molecule has 2 aliphatic rings. The first-order chi connectivity index (χ1) is 15.5. The second-order valence-electron chi connectivity index (χ2n) is 9.78. The summed E-state index contributed by atoms with van der Waals surface area (Å²) in [6.07, 6.45) is -8.68. The second kappa shape index (κ2) is 10.1. The minimum absolute atomic E-state index is 0. The Labute approximate surface area is 205 Å². The molecule has 0 saturated carbocycles. The third-order valence-electron chi connectivity index (χ3n) is 5.89. The molecule has 0 aliphatic carbocycles. The van der Waals surface area contributed by atoms with Crippen molar-refractivity contribution in [1.82, 2.24) is 19.8 Å². The molecule has 0 radical (unpaired) electrons. The Balaban J connectivity index is 0.00000432. The predicted octanol–water partition coefficient (Wildman–Crippen LogP) is 2.39. The van der Waals surface area contributed by atoms with Gasteiger partial charge >= 0.3 is 6.18 Å². The van der Waals surface area contributed by atoms with Gasteiger partial charge in [-0.1, -0.05) is 20.8 Å². The molecule has 1 unspecified atom stereocenters. The number of hydrogen-bond donors (Lipinski definition) is 2. The monoisotopic (exact) mass is 529 g/mol. The Kier molecular flexibility index (Phi) is 8.40. The number of aliphatic hydroxyl groups is 1. The summed E-state index contributed by atoms with van der Waals surface area (Å²) < 4.78 is 68.4. The summed E-state index contributed by atoms with van der Waals surface area (Å²) in [6.45, 7) is 4.38. The lowest BCUT2D eigenvalue weighted by atomic mass is 9.93. The number of rotatable bonds is 4. The lowest BCUT2D eigenvalue weighted by Crippen LogP contribution is -2.58. The fourth-order valence-electron chi connectivity index (χ4n) is 4.00. The van der Waals surface area contributed by atoms with Gasteiger partial charge in [0.2, 0.25) is 11.8 Å². The third-order valence-corrected chi connectivity index (χ3v) is 5.89. The first kappa shape index (κ1) is 29.1. The minimum atomic E-state index is -4.68. The maximum Gasteiger partial charge on any atom is 0.433 e. The highest BCUT2D eigenvalue weighted by molar-refractivity contribution is 5.85. The highest BCUT2D eigenvalue weighted by Crippen LogP contribution is 2.36. The number of halogens is 6. The molecule has 1 saturated heterocycles. The Morgan fingerprint density at radius 2 is 1.86 bits per heavy atom. The normalized spacial score (nSPS) is 21.3. The summed E-state index contributed by atoms with van der Waals surface area (Å²) >= 11 is 0. The molecule has 1 aromatic rings. The van der Waals surface area contributed by atoms with Crippen molar-refractivity contribution in [2.24, 2.45) is 5.73 Å². The zero-order valence-corrected chi connectivity index (χ0v) is 20.3. The van der Waals surface area contributed by atoms with Gasteiger partial charge in [0.1, 0.15) is 5.82 Å². The highest BCUT2D eigenvalue weighted by Gasteiger charge is 2.48. The number of piperidine rings is 1. The molecule has 198 valence electrons. The summed E-state index contributed by atoms with van der Waals surface area (Å²) in [4.78, 5) is 34.6. The van der Waals surface area contributed by atoms with Crippen LogP contribution >= 0.6 is 12.4 Å². The van der Waals surface area contributed by atoms with E-state index >= 15 is 0 Å². The van der Waals surface area contributed by atoms with Crippen molar-refractivity contribution in [3.8, 4) is 0 Å². The van der Waals surface area contributed by atoms with E-state index in [0.717, 1.165) is 0 Å². The molecule has 0 bridgehead atoms. The molecular weight excluding hydrogens is 501 g/mol. The molecule has 2 aliphatic heterocycles. The first-order valence-electron chi connectivity index (χ1n) is 10.9. The first-order valence-corrected chi connectivity index (χ1v) is 10.9. The molecule has 35 heavy (non-hydrogen) atoms. The van der Waals surface area contributed by atoms with E-state index in [-0.39, 0.29) is 55.4 Å². The minimum Gasteiger partial charge on any atom is -0.368 e.